The van der Waals surface area contributed by atoms with Gasteiger partial charge in [0.25, 0.3) is 0 Å². The Balaban J connectivity index is 1.82. The average Bonchev–Trinajstić information content (AvgIpc) is 3.22. The van der Waals surface area contributed by atoms with Gasteiger partial charge in [-0.05, 0) is 32.4 Å². The van der Waals surface area contributed by atoms with Gasteiger partial charge in [-0.1, -0.05) is 20.8 Å². The SMILES string of the molecule is CCOC(=O)C(C)(CC)Nc1ncnn2c([C@H]3C[C@H](O)C[C@@H](COC(=O)C(C)C)O3)ccc12. The quantitative estimate of drug-likeness (QED) is 0.541. The Morgan fingerprint density at radius 3 is 2.73 bits per heavy atom. The number of aromatic nitrogens is 3. The number of aliphatic hydroxyl groups is 1. The molecule has 3 rings (SSSR count). The zero-order valence-electron chi connectivity index (χ0n) is 19.9. The standard InChI is InChI=1S/C23H34N4O6/c1-6-23(5,22(30)31-7-2)26-20-18-9-8-17(27(18)25-13-24-20)19-11-15(28)10-16(33-19)12-32-21(29)14(3)4/h8-9,13-16,19,28H,6-7,10-12H2,1-5H3,(H,24,25,26)/t15-,16+,19-,23?/m1/s1. The molecular weight excluding hydrogens is 428 g/mol. The molecule has 182 valence electrons. The van der Waals surface area contributed by atoms with E-state index < -0.39 is 23.9 Å². The Labute approximate surface area is 193 Å². The summed E-state index contributed by atoms with van der Waals surface area (Å²) < 4.78 is 18.4. The lowest BCUT2D eigenvalue weighted by molar-refractivity contribution is -0.161. The number of hydrogen-bond donors (Lipinski definition) is 2. The minimum absolute atomic E-state index is 0.0874. The molecular formula is C23H34N4O6. The number of rotatable bonds is 9. The van der Waals surface area contributed by atoms with Crippen LogP contribution < -0.4 is 5.32 Å². The maximum Gasteiger partial charge on any atom is 0.331 e. The summed E-state index contributed by atoms with van der Waals surface area (Å²) in [7, 11) is 0. The van der Waals surface area contributed by atoms with E-state index in [1.807, 2.05) is 19.1 Å². The Morgan fingerprint density at radius 1 is 1.30 bits per heavy atom. The molecule has 1 aliphatic heterocycles. The molecule has 0 amide bonds. The first-order valence-electron chi connectivity index (χ1n) is 11.5. The van der Waals surface area contributed by atoms with Gasteiger partial charge >= 0.3 is 11.9 Å². The van der Waals surface area contributed by atoms with E-state index in [9.17, 15) is 14.7 Å². The van der Waals surface area contributed by atoms with Crippen LogP contribution in [0.15, 0.2) is 18.5 Å². The molecule has 2 N–H and O–H groups in total. The van der Waals surface area contributed by atoms with Crippen molar-refractivity contribution in [1.29, 1.82) is 0 Å². The summed E-state index contributed by atoms with van der Waals surface area (Å²) in [5, 5.41) is 18.0. The number of nitrogens with one attached hydrogen (secondary N) is 1. The van der Waals surface area contributed by atoms with Gasteiger partial charge in [0, 0.05) is 12.8 Å². The first-order valence-corrected chi connectivity index (χ1v) is 11.5. The van der Waals surface area contributed by atoms with Crippen LogP contribution in [0.5, 0.6) is 0 Å². The van der Waals surface area contributed by atoms with E-state index in [0.717, 1.165) is 5.69 Å². The lowest BCUT2D eigenvalue weighted by atomic mass is 9.99. The molecule has 0 spiro atoms. The fourth-order valence-electron chi connectivity index (χ4n) is 3.76. The Hall–Kier alpha value is -2.72. The van der Waals surface area contributed by atoms with Gasteiger partial charge in [-0.2, -0.15) is 5.10 Å². The van der Waals surface area contributed by atoms with Gasteiger partial charge in [0.2, 0.25) is 0 Å². The van der Waals surface area contributed by atoms with Gasteiger partial charge in [0.05, 0.1) is 30.4 Å². The van der Waals surface area contributed by atoms with Crippen molar-refractivity contribution < 1.29 is 28.9 Å². The minimum Gasteiger partial charge on any atom is -0.464 e. The summed E-state index contributed by atoms with van der Waals surface area (Å²) in [5.74, 6) is -0.386. The van der Waals surface area contributed by atoms with Crippen LogP contribution in [-0.2, 0) is 23.8 Å². The molecule has 1 fully saturated rings. The van der Waals surface area contributed by atoms with Gasteiger partial charge in [0.1, 0.15) is 30.1 Å². The predicted octanol–water partition coefficient (Wildman–Crippen LogP) is 2.65. The smallest absolute Gasteiger partial charge is 0.331 e. The number of hydrogen-bond acceptors (Lipinski definition) is 9. The Bertz CT molecular complexity index is 977. The molecule has 0 bridgehead atoms. The first kappa shape index (κ1) is 24.9. The maximum atomic E-state index is 12.5. The summed E-state index contributed by atoms with van der Waals surface area (Å²) in [6, 6.07) is 3.71. The van der Waals surface area contributed by atoms with E-state index in [2.05, 4.69) is 15.4 Å². The zero-order chi connectivity index (χ0) is 24.2. The highest BCUT2D eigenvalue weighted by molar-refractivity contribution is 5.85. The zero-order valence-corrected chi connectivity index (χ0v) is 19.9. The lowest BCUT2D eigenvalue weighted by Crippen LogP contribution is -2.44. The van der Waals surface area contributed by atoms with E-state index in [0.29, 0.717) is 37.2 Å². The van der Waals surface area contributed by atoms with E-state index in [1.54, 1.807) is 32.2 Å². The van der Waals surface area contributed by atoms with Crippen molar-refractivity contribution in [2.24, 2.45) is 5.92 Å². The number of fused-ring (bicyclic) bond motifs is 1. The Kier molecular flexibility index (Phi) is 7.91. The van der Waals surface area contributed by atoms with Crippen LogP contribution in [0.2, 0.25) is 0 Å². The third-order valence-electron chi connectivity index (χ3n) is 5.90. The second-order valence-electron chi connectivity index (χ2n) is 8.85. The van der Waals surface area contributed by atoms with Crippen molar-refractivity contribution in [3.05, 3.63) is 24.2 Å². The molecule has 0 aliphatic carbocycles. The molecule has 33 heavy (non-hydrogen) atoms. The monoisotopic (exact) mass is 462 g/mol. The van der Waals surface area contributed by atoms with Crippen molar-refractivity contribution >= 4 is 23.3 Å². The highest BCUT2D eigenvalue weighted by Crippen LogP contribution is 2.34. The molecule has 4 atom stereocenters. The number of carbonyl (C=O) groups is 2. The number of esters is 2. The highest BCUT2D eigenvalue weighted by atomic mass is 16.6. The van der Waals surface area contributed by atoms with Gasteiger partial charge in [-0.25, -0.2) is 14.3 Å². The fraction of sp³-hybridized carbons (Fsp3) is 0.652. The van der Waals surface area contributed by atoms with Crippen LogP contribution in [0.4, 0.5) is 5.82 Å². The normalized spacial score (nSPS) is 22.7. The number of aliphatic hydroxyl groups excluding tert-OH is 1. The molecule has 1 unspecified atom stereocenters. The van der Waals surface area contributed by atoms with Gasteiger partial charge in [-0.3, -0.25) is 4.79 Å². The van der Waals surface area contributed by atoms with Crippen LogP contribution in [0, 0.1) is 5.92 Å². The predicted molar refractivity (Wildman–Crippen MR) is 121 cm³/mol. The highest BCUT2D eigenvalue weighted by Gasteiger charge is 2.35. The maximum absolute atomic E-state index is 12.5. The van der Waals surface area contributed by atoms with E-state index >= 15 is 0 Å². The summed E-state index contributed by atoms with van der Waals surface area (Å²) in [4.78, 5) is 28.6. The largest absolute Gasteiger partial charge is 0.464 e. The number of nitrogens with zero attached hydrogens (tertiary/aromatic N) is 3. The summed E-state index contributed by atoms with van der Waals surface area (Å²) in [6.45, 7) is 9.36. The van der Waals surface area contributed by atoms with Gasteiger partial charge in [-0.15, -0.1) is 0 Å². The molecule has 10 nitrogen and oxygen atoms in total. The van der Waals surface area contributed by atoms with Crippen LogP contribution >= 0.6 is 0 Å². The summed E-state index contributed by atoms with van der Waals surface area (Å²) >= 11 is 0. The third-order valence-corrected chi connectivity index (χ3v) is 5.90. The lowest BCUT2D eigenvalue weighted by Gasteiger charge is -2.33. The van der Waals surface area contributed by atoms with Crippen molar-refractivity contribution in [1.82, 2.24) is 14.6 Å². The molecule has 3 heterocycles. The first-order chi connectivity index (χ1) is 15.7. The number of anilines is 1. The summed E-state index contributed by atoms with van der Waals surface area (Å²) in [5.41, 5.74) is 0.463. The van der Waals surface area contributed by atoms with Crippen molar-refractivity contribution in [2.45, 2.75) is 77.7 Å². The van der Waals surface area contributed by atoms with Gasteiger partial charge < -0.3 is 24.6 Å². The van der Waals surface area contributed by atoms with Crippen LogP contribution in [0.25, 0.3) is 5.52 Å². The molecule has 2 aromatic rings. The number of carbonyl (C=O) groups excluding carboxylic acids is 2. The second kappa shape index (κ2) is 10.5. The molecule has 0 aromatic carbocycles. The van der Waals surface area contributed by atoms with Crippen molar-refractivity contribution in [2.75, 3.05) is 18.5 Å². The molecule has 2 aromatic heterocycles. The molecule has 1 saturated heterocycles. The number of ether oxygens (including phenoxy) is 3. The fourth-order valence-corrected chi connectivity index (χ4v) is 3.76. The van der Waals surface area contributed by atoms with Gasteiger partial charge in [0.15, 0.2) is 5.82 Å². The molecule has 1 aliphatic rings. The van der Waals surface area contributed by atoms with E-state index in [-0.39, 0.29) is 24.5 Å². The Morgan fingerprint density at radius 2 is 2.06 bits per heavy atom. The minimum atomic E-state index is -0.946. The third kappa shape index (κ3) is 5.62. The van der Waals surface area contributed by atoms with E-state index in [1.165, 1.54) is 6.33 Å². The van der Waals surface area contributed by atoms with Crippen molar-refractivity contribution in [3.63, 3.8) is 0 Å². The molecule has 0 radical (unpaired) electrons. The second-order valence-corrected chi connectivity index (χ2v) is 8.85. The molecule has 0 saturated carbocycles. The van der Waals surface area contributed by atoms with Crippen LogP contribution in [-0.4, -0.2) is 62.6 Å². The van der Waals surface area contributed by atoms with Crippen LogP contribution in [0.3, 0.4) is 0 Å². The molecule has 10 heteroatoms. The van der Waals surface area contributed by atoms with Crippen LogP contribution in [0.1, 0.15) is 65.7 Å². The summed E-state index contributed by atoms with van der Waals surface area (Å²) in [6.07, 6.45) is 1.24. The van der Waals surface area contributed by atoms with E-state index in [4.69, 9.17) is 14.2 Å². The topological polar surface area (TPSA) is 124 Å². The van der Waals surface area contributed by atoms with Crippen molar-refractivity contribution in [3.8, 4) is 0 Å². The average molecular weight is 463 g/mol.